The molecule has 0 atom stereocenters. The van der Waals surface area contributed by atoms with Crippen LogP contribution in [0.15, 0.2) is 55.1 Å². The fourth-order valence-electron chi connectivity index (χ4n) is 6.84. The maximum atomic E-state index is 13.8. The SMILES string of the molecule is C=CC(=O)N1CCN(c2cc(C(=O)NC3(CN(CC)CC)CC3)nc3c2CCN(c2cccc4cccc(C)c24)C3)CC1. The number of hydrogen-bond donors (Lipinski definition) is 1. The number of likely N-dealkylation sites (N-methyl/N-ethyl adjacent to an activating group) is 1. The van der Waals surface area contributed by atoms with Crippen molar-refractivity contribution in [3.8, 4) is 0 Å². The first-order valence-electron chi connectivity index (χ1n) is 15.8. The summed E-state index contributed by atoms with van der Waals surface area (Å²) < 4.78 is 0. The van der Waals surface area contributed by atoms with E-state index in [1.54, 1.807) is 0 Å². The summed E-state index contributed by atoms with van der Waals surface area (Å²) in [5, 5.41) is 5.90. The average Bonchev–Trinajstić information content (AvgIpc) is 3.80. The van der Waals surface area contributed by atoms with Crippen LogP contribution < -0.4 is 15.1 Å². The third-order valence-electron chi connectivity index (χ3n) is 9.58. The van der Waals surface area contributed by atoms with Gasteiger partial charge in [0.25, 0.3) is 5.91 Å². The number of carbonyl (C=O) groups excluding carboxylic acids is 2. The molecular weight excluding hydrogens is 536 g/mol. The number of carbonyl (C=O) groups is 2. The van der Waals surface area contributed by atoms with Gasteiger partial charge in [0.15, 0.2) is 0 Å². The fourth-order valence-corrected chi connectivity index (χ4v) is 6.84. The van der Waals surface area contributed by atoms with Gasteiger partial charge in [-0.2, -0.15) is 0 Å². The molecule has 2 aliphatic heterocycles. The summed E-state index contributed by atoms with van der Waals surface area (Å²) in [6, 6.07) is 15.0. The van der Waals surface area contributed by atoms with Gasteiger partial charge in [-0.25, -0.2) is 4.98 Å². The Labute approximate surface area is 255 Å². The van der Waals surface area contributed by atoms with E-state index in [1.165, 1.54) is 33.7 Å². The van der Waals surface area contributed by atoms with Crippen LogP contribution in [0.25, 0.3) is 10.8 Å². The summed E-state index contributed by atoms with van der Waals surface area (Å²) in [6.07, 6.45) is 4.24. The molecule has 2 aromatic carbocycles. The zero-order chi connectivity index (χ0) is 30.1. The predicted molar refractivity (Wildman–Crippen MR) is 174 cm³/mol. The summed E-state index contributed by atoms with van der Waals surface area (Å²) in [5.74, 6) is -0.118. The van der Waals surface area contributed by atoms with Crippen molar-refractivity contribution in [3.63, 3.8) is 0 Å². The Morgan fingerprint density at radius 1 is 1.00 bits per heavy atom. The van der Waals surface area contributed by atoms with Crippen molar-refractivity contribution in [3.05, 3.63) is 77.6 Å². The van der Waals surface area contributed by atoms with E-state index in [-0.39, 0.29) is 17.4 Å². The second-order valence-electron chi connectivity index (χ2n) is 12.3. The maximum absolute atomic E-state index is 13.8. The largest absolute Gasteiger partial charge is 0.368 e. The molecule has 43 heavy (non-hydrogen) atoms. The zero-order valence-corrected chi connectivity index (χ0v) is 25.9. The highest BCUT2D eigenvalue weighted by molar-refractivity contribution is 5.97. The van der Waals surface area contributed by atoms with E-state index in [0.29, 0.717) is 25.3 Å². The van der Waals surface area contributed by atoms with Gasteiger partial charge in [-0.05, 0) is 68.4 Å². The van der Waals surface area contributed by atoms with E-state index in [9.17, 15) is 9.59 Å². The molecule has 3 heterocycles. The van der Waals surface area contributed by atoms with Gasteiger partial charge in [0.05, 0.1) is 17.8 Å². The van der Waals surface area contributed by atoms with Crippen LogP contribution in [0, 0.1) is 6.92 Å². The summed E-state index contributed by atoms with van der Waals surface area (Å²) in [5.41, 5.74) is 6.07. The number of fused-ring (bicyclic) bond motifs is 2. The number of anilines is 2. The molecule has 6 rings (SSSR count). The van der Waals surface area contributed by atoms with Crippen molar-refractivity contribution < 1.29 is 9.59 Å². The molecule has 2 amide bonds. The predicted octanol–water partition coefficient (Wildman–Crippen LogP) is 4.54. The summed E-state index contributed by atoms with van der Waals surface area (Å²) in [6.45, 7) is 17.2. The van der Waals surface area contributed by atoms with Crippen LogP contribution in [-0.4, -0.2) is 84.5 Å². The van der Waals surface area contributed by atoms with Crippen LogP contribution in [0.5, 0.6) is 0 Å². The van der Waals surface area contributed by atoms with E-state index < -0.39 is 0 Å². The van der Waals surface area contributed by atoms with E-state index in [1.807, 2.05) is 11.0 Å². The molecule has 1 aliphatic carbocycles. The summed E-state index contributed by atoms with van der Waals surface area (Å²) >= 11 is 0. The summed E-state index contributed by atoms with van der Waals surface area (Å²) in [4.78, 5) is 40.1. The van der Waals surface area contributed by atoms with Crippen molar-refractivity contribution in [2.75, 3.05) is 62.2 Å². The number of aromatic nitrogens is 1. The Bertz CT molecular complexity index is 1530. The van der Waals surface area contributed by atoms with Crippen LogP contribution in [0.3, 0.4) is 0 Å². The van der Waals surface area contributed by atoms with Gasteiger partial charge >= 0.3 is 0 Å². The van der Waals surface area contributed by atoms with Crippen molar-refractivity contribution in [1.29, 1.82) is 0 Å². The lowest BCUT2D eigenvalue weighted by atomic mass is 9.97. The minimum atomic E-state index is -0.163. The first-order valence-corrected chi connectivity index (χ1v) is 15.8. The van der Waals surface area contributed by atoms with E-state index >= 15 is 0 Å². The second kappa shape index (κ2) is 12.0. The Morgan fingerprint density at radius 3 is 2.40 bits per heavy atom. The Hall–Kier alpha value is -3.91. The lowest BCUT2D eigenvalue weighted by Gasteiger charge is -2.39. The quantitative estimate of drug-likeness (QED) is 0.375. The normalized spacial score (nSPS) is 17.6. The third-order valence-corrected chi connectivity index (χ3v) is 9.58. The molecule has 1 saturated carbocycles. The number of nitrogens with zero attached hydrogens (tertiary/aromatic N) is 5. The van der Waals surface area contributed by atoms with Crippen LogP contribution in [-0.2, 0) is 17.8 Å². The summed E-state index contributed by atoms with van der Waals surface area (Å²) in [7, 11) is 0. The maximum Gasteiger partial charge on any atom is 0.270 e. The Morgan fingerprint density at radius 2 is 1.72 bits per heavy atom. The molecular formula is C35H44N6O2. The molecule has 0 bridgehead atoms. The van der Waals surface area contributed by atoms with Crippen LogP contribution >= 0.6 is 0 Å². The topological polar surface area (TPSA) is 72.0 Å². The monoisotopic (exact) mass is 580 g/mol. The number of amides is 2. The van der Waals surface area contributed by atoms with Crippen molar-refractivity contribution >= 4 is 34.0 Å². The number of benzene rings is 2. The van der Waals surface area contributed by atoms with E-state index in [2.05, 4.69) is 83.8 Å². The molecule has 8 nitrogen and oxygen atoms in total. The first kappa shape index (κ1) is 29.2. The third kappa shape index (κ3) is 5.85. The number of pyridine rings is 1. The smallest absolute Gasteiger partial charge is 0.270 e. The van der Waals surface area contributed by atoms with Gasteiger partial charge in [-0.1, -0.05) is 50.8 Å². The molecule has 3 aliphatic rings. The molecule has 3 aromatic rings. The molecule has 1 saturated heterocycles. The number of rotatable bonds is 9. The molecule has 0 radical (unpaired) electrons. The van der Waals surface area contributed by atoms with Crippen molar-refractivity contribution in [1.82, 2.24) is 20.1 Å². The minimum Gasteiger partial charge on any atom is -0.368 e. The second-order valence-corrected chi connectivity index (χ2v) is 12.3. The lowest BCUT2D eigenvalue weighted by molar-refractivity contribution is -0.126. The lowest BCUT2D eigenvalue weighted by Crippen LogP contribution is -2.49. The minimum absolute atomic E-state index is 0.0274. The Balaban J connectivity index is 1.33. The van der Waals surface area contributed by atoms with Gasteiger partial charge in [-0.3, -0.25) is 9.59 Å². The molecule has 0 unspecified atom stereocenters. The molecule has 1 N–H and O–H groups in total. The number of nitrogens with one attached hydrogen (secondary N) is 1. The molecule has 1 aromatic heterocycles. The van der Waals surface area contributed by atoms with Gasteiger partial charge in [0, 0.05) is 61.6 Å². The van der Waals surface area contributed by atoms with Crippen molar-refractivity contribution in [2.45, 2.75) is 52.1 Å². The first-order chi connectivity index (χ1) is 20.8. The standard InChI is InChI=1S/C35H44N6O2/c1-5-32(42)40-20-18-39(19-21-40)31-22-28(34(43)37-35(15-16-35)24-38(6-2)7-3)36-29-23-41(17-14-27(29)31)30-13-9-12-26-11-8-10-25(4)33(26)30/h5,8-13,22H,1,6-7,14-21,23-24H2,2-4H3,(H,37,43). The van der Waals surface area contributed by atoms with Crippen molar-refractivity contribution in [2.24, 2.45) is 0 Å². The zero-order valence-electron chi connectivity index (χ0n) is 25.9. The van der Waals surface area contributed by atoms with Gasteiger partial charge < -0.3 is 24.9 Å². The van der Waals surface area contributed by atoms with Gasteiger partial charge in [0.2, 0.25) is 5.91 Å². The number of hydrogen-bond acceptors (Lipinski definition) is 6. The Kier molecular flexibility index (Phi) is 8.14. The highest BCUT2D eigenvalue weighted by Gasteiger charge is 2.45. The van der Waals surface area contributed by atoms with E-state index in [0.717, 1.165) is 69.9 Å². The molecule has 8 heteroatoms. The number of aryl methyl sites for hydroxylation is 1. The highest BCUT2D eigenvalue weighted by Crippen LogP contribution is 2.38. The average molecular weight is 581 g/mol. The fraction of sp³-hybridized carbons (Fsp3) is 0.457. The molecule has 2 fully saturated rings. The van der Waals surface area contributed by atoms with Gasteiger partial charge in [-0.15, -0.1) is 0 Å². The van der Waals surface area contributed by atoms with Crippen LogP contribution in [0.2, 0.25) is 0 Å². The highest BCUT2D eigenvalue weighted by atomic mass is 16.2. The molecule has 226 valence electrons. The van der Waals surface area contributed by atoms with Gasteiger partial charge in [0.1, 0.15) is 5.69 Å². The van der Waals surface area contributed by atoms with Crippen LogP contribution in [0.4, 0.5) is 11.4 Å². The number of piperazine rings is 1. The van der Waals surface area contributed by atoms with Crippen LogP contribution in [0.1, 0.15) is 54.0 Å². The molecule has 0 spiro atoms. The van der Waals surface area contributed by atoms with E-state index in [4.69, 9.17) is 4.98 Å².